The molecule has 72 heavy (non-hydrogen) atoms. The summed E-state index contributed by atoms with van der Waals surface area (Å²) in [6.45, 7) is 9.12. The molecular weight excluding hydrogens is 948 g/mol. The number of nitrogens with two attached hydrogens (primary N) is 4. The topological polar surface area (TPSA) is 245 Å². The summed E-state index contributed by atoms with van der Waals surface area (Å²) in [5.41, 5.74) is 34.7. The number of piperazine rings is 1. The zero-order valence-electron chi connectivity index (χ0n) is 39.5. The lowest BCUT2D eigenvalue weighted by Crippen LogP contribution is -2.43. The van der Waals surface area contributed by atoms with E-state index in [1.807, 2.05) is 38.1 Å². The largest absolute Gasteiger partial charge is 0.368 e. The number of aldehydes is 1. The van der Waals surface area contributed by atoms with Crippen LogP contribution in [-0.2, 0) is 6.54 Å². The second-order valence-corrected chi connectivity index (χ2v) is 18.0. The van der Waals surface area contributed by atoms with Crippen LogP contribution in [0.25, 0.3) is 45.3 Å². The first-order valence-corrected chi connectivity index (χ1v) is 23.3. The molecule has 0 unspecified atom stereocenters. The van der Waals surface area contributed by atoms with Gasteiger partial charge in [-0.2, -0.15) is 0 Å². The third kappa shape index (κ3) is 11.9. The smallest absolute Gasteiger partial charge is 0.250 e. The van der Waals surface area contributed by atoms with Crippen LogP contribution in [0.15, 0.2) is 109 Å². The van der Waals surface area contributed by atoms with E-state index in [0.29, 0.717) is 72.0 Å². The molecule has 1 aliphatic heterocycles. The van der Waals surface area contributed by atoms with Crippen molar-refractivity contribution >= 4 is 53.2 Å². The van der Waals surface area contributed by atoms with Crippen LogP contribution in [0.5, 0.6) is 0 Å². The van der Waals surface area contributed by atoms with Gasteiger partial charge < -0.3 is 37.8 Å². The lowest BCUT2D eigenvalue weighted by atomic mass is 10.0. The molecule has 2 amide bonds. The number of primary amides is 2. The van der Waals surface area contributed by atoms with Gasteiger partial charge in [-0.1, -0.05) is 83.3 Å². The summed E-state index contributed by atoms with van der Waals surface area (Å²) in [4.78, 5) is 63.7. The molecule has 0 radical (unpaired) electrons. The van der Waals surface area contributed by atoms with Gasteiger partial charge in [0.25, 0.3) is 11.8 Å². The Morgan fingerprint density at radius 2 is 1.08 bits per heavy atom. The Kier molecular flexibility index (Phi) is 15.2. The summed E-state index contributed by atoms with van der Waals surface area (Å²) < 4.78 is 0. The second kappa shape index (κ2) is 22.0. The number of aromatic nitrogens is 6. The zero-order chi connectivity index (χ0) is 51.1. The van der Waals surface area contributed by atoms with E-state index in [-0.39, 0.29) is 17.5 Å². The molecule has 0 spiro atoms. The molecule has 360 valence electrons. The van der Waals surface area contributed by atoms with E-state index >= 15 is 0 Å². The van der Waals surface area contributed by atoms with E-state index < -0.39 is 11.8 Å². The third-order valence-electron chi connectivity index (χ3n) is 11.9. The number of nitrogens with zero attached hydrogens (tertiary/aromatic N) is 6. The van der Waals surface area contributed by atoms with Gasteiger partial charge in [0.2, 0.25) is 11.9 Å². The highest BCUT2D eigenvalue weighted by Crippen LogP contribution is 2.35. The number of likely N-dealkylation sites (N-methyl/N-ethyl adjacent to an activating group) is 1. The van der Waals surface area contributed by atoms with Crippen molar-refractivity contribution in [3.63, 3.8) is 0 Å². The number of carbonyl (C=O) groups is 3. The van der Waals surface area contributed by atoms with Gasteiger partial charge in [0.1, 0.15) is 17.7 Å². The molecule has 1 aliphatic rings. The highest BCUT2D eigenvalue weighted by Gasteiger charge is 2.22. The van der Waals surface area contributed by atoms with Gasteiger partial charge in [-0.25, -0.2) is 19.9 Å². The monoisotopic (exact) mass is 994 g/mol. The van der Waals surface area contributed by atoms with E-state index in [0.717, 1.165) is 66.8 Å². The number of hydrogen-bond donors (Lipinski definition) is 6. The van der Waals surface area contributed by atoms with Gasteiger partial charge in [0, 0.05) is 83.0 Å². The Labute approximate surface area is 426 Å². The van der Waals surface area contributed by atoms with E-state index in [2.05, 4.69) is 82.6 Å². The van der Waals surface area contributed by atoms with E-state index in [1.54, 1.807) is 66.9 Å². The van der Waals surface area contributed by atoms with Crippen molar-refractivity contribution < 1.29 is 14.4 Å². The minimum absolute atomic E-state index is 0.0570. The Morgan fingerprint density at radius 1 is 0.639 bits per heavy atom. The zero-order valence-corrected chi connectivity index (χ0v) is 41.0. The van der Waals surface area contributed by atoms with Gasteiger partial charge in [0.15, 0.2) is 0 Å². The van der Waals surface area contributed by atoms with Crippen LogP contribution in [0.4, 0.5) is 11.9 Å². The number of H-pyrrole nitrogens is 2. The first-order chi connectivity index (χ1) is 34.6. The standard InChI is InChI=1S/C30H30ClN7O.C25H18ClN5O2/c1-19-3-10-23(31)15-24(19)28-25(29(32)39)16-26(35-28)27-22(17-34-30(33)36-27)9-8-20-4-6-21(7-5-20)18-38-13-11-37(2)12-14-38;1-14-2-9-18(26)10-19(14)23-20(24(27)33)11-21(30-23)22-17(12-29-25(28)31-22)8-7-15-3-5-16(13-32)6-4-15/h3-7,10,15-17,35H,11-14,18H2,1-2H3,(H2,32,39)(H2,33,34,36);2-6,9-13,30H,1H3,(H2,27,33)(H2,28,29,31). The van der Waals surface area contributed by atoms with Gasteiger partial charge in [-0.05, 0) is 98.2 Å². The summed E-state index contributed by atoms with van der Waals surface area (Å²) in [6, 6.07) is 29.3. The lowest BCUT2D eigenvalue weighted by molar-refractivity contribution is 0.0992. The SMILES string of the molecule is Cc1ccc(Cl)cc1-c1[nH]c(-c2nc(N)ncc2C#Cc2ccc(C=O)cc2)cc1C(N)=O.Cc1ccc(Cl)cc1-c1[nH]c(-c2nc(N)ncc2C#Cc2ccc(CN3CCN(C)CC3)cc2)cc1C(N)=O. The van der Waals surface area contributed by atoms with Crippen LogP contribution in [0, 0.1) is 37.5 Å². The molecule has 4 aromatic carbocycles. The average molecular weight is 996 g/mol. The third-order valence-corrected chi connectivity index (χ3v) is 12.4. The maximum absolute atomic E-state index is 12.3. The molecule has 4 aromatic heterocycles. The van der Waals surface area contributed by atoms with E-state index in [4.69, 9.17) is 46.1 Å². The fourth-order valence-electron chi connectivity index (χ4n) is 7.97. The molecule has 17 heteroatoms. The van der Waals surface area contributed by atoms with Crippen molar-refractivity contribution in [1.29, 1.82) is 0 Å². The number of halogens is 2. The molecule has 0 aliphatic carbocycles. The molecule has 9 rings (SSSR count). The number of nitrogens with one attached hydrogen (secondary N) is 2. The number of benzene rings is 4. The van der Waals surface area contributed by atoms with Crippen LogP contribution in [-0.4, -0.2) is 91.0 Å². The maximum atomic E-state index is 12.3. The Hall–Kier alpha value is -8.57. The Bertz CT molecular complexity index is 3480. The first kappa shape index (κ1) is 49.8. The minimum atomic E-state index is -0.600. The normalized spacial score (nSPS) is 12.4. The maximum Gasteiger partial charge on any atom is 0.250 e. The summed E-state index contributed by atoms with van der Waals surface area (Å²) in [5.74, 6) is 11.4. The predicted octanol–water partition coefficient (Wildman–Crippen LogP) is 7.92. The van der Waals surface area contributed by atoms with Gasteiger partial charge in [-0.15, -0.1) is 0 Å². The number of anilines is 2. The summed E-state index contributed by atoms with van der Waals surface area (Å²) in [7, 11) is 2.16. The predicted molar refractivity (Wildman–Crippen MR) is 283 cm³/mol. The number of rotatable bonds is 9. The molecule has 0 atom stereocenters. The van der Waals surface area contributed by atoms with Crippen LogP contribution < -0.4 is 22.9 Å². The van der Waals surface area contributed by atoms with Gasteiger partial charge in [0.05, 0.1) is 45.0 Å². The fourth-order valence-corrected chi connectivity index (χ4v) is 8.32. The van der Waals surface area contributed by atoms with Crippen LogP contribution >= 0.6 is 23.2 Å². The Balaban J connectivity index is 0.000000195. The minimum Gasteiger partial charge on any atom is -0.368 e. The number of aromatic amines is 2. The highest BCUT2D eigenvalue weighted by molar-refractivity contribution is 6.31. The molecule has 1 fully saturated rings. The van der Waals surface area contributed by atoms with Crippen molar-refractivity contribution in [3.05, 3.63) is 175 Å². The summed E-state index contributed by atoms with van der Waals surface area (Å²) >= 11 is 12.4. The molecule has 5 heterocycles. The van der Waals surface area contributed by atoms with E-state index in [1.165, 1.54) is 11.8 Å². The highest BCUT2D eigenvalue weighted by atomic mass is 35.5. The van der Waals surface area contributed by atoms with Crippen molar-refractivity contribution in [2.24, 2.45) is 11.5 Å². The van der Waals surface area contributed by atoms with Crippen LogP contribution in [0.1, 0.15) is 70.0 Å². The molecule has 10 N–H and O–H groups in total. The molecule has 1 saturated heterocycles. The van der Waals surface area contributed by atoms with Crippen molar-refractivity contribution in [2.45, 2.75) is 20.4 Å². The van der Waals surface area contributed by atoms with Crippen LogP contribution in [0.3, 0.4) is 0 Å². The number of carbonyl (C=O) groups excluding carboxylic acids is 3. The Morgan fingerprint density at radius 3 is 1.51 bits per heavy atom. The lowest BCUT2D eigenvalue weighted by Gasteiger charge is -2.32. The van der Waals surface area contributed by atoms with Crippen molar-refractivity contribution in [3.8, 4) is 69.0 Å². The number of amides is 2. The van der Waals surface area contributed by atoms with Gasteiger partial charge in [-0.3, -0.25) is 19.3 Å². The molecule has 0 saturated carbocycles. The van der Waals surface area contributed by atoms with Crippen molar-refractivity contribution in [2.75, 3.05) is 44.7 Å². The molecule has 0 bridgehead atoms. The number of hydrogen-bond acceptors (Lipinski definition) is 11. The number of nitrogen functional groups attached to an aromatic ring is 2. The van der Waals surface area contributed by atoms with Crippen LogP contribution in [0.2, 0.25) is 10.0 Å². The summed E-state index contributed by atoms with van der Waals surface area (Å²) in [6.07, 6.45) is 3.87. The molecule has 15 nitrogen and oxygen atoms in total. The van der Waals surface area contributed by atoms with E-state index in [9.17, 15) is 14.4 Å². The average Bonchev–Trinajstić information content (AvgIpc) is 4.03. The quantitative estimate of drug-likeness (QED) is 0.0599. The summed E-state index contributed by atoms with van der Waals surface area (Å²) in [5, 5.41) is 1.08. The fraction of sp³-hybridized carbons (Fsp3) is 0.145. The van der Waals surface area contributed by atoms with Gasteiger partial charge >= 0.3 is 0 Å². The van der Waals surface area contributed by atoms with Crippen molar-refractivity contribution in [1.82, 2.24) is 39.7 Å². The molecule has 8 aromatic rings. The number of aryl methyl sites for hydroxylation is 2. The second-order valence-electron chi connectivity index (χ2n) is 17.1. The first-order valence-electron chi connectivity index (χ1n) is 22.6. The molecular formula is C55H48Cl2N12O3.